The number of amides is 1. The number of hydrogen-bond acceptors (Lipinski definition) is 7. The van der Waals surface area contributed by atoms with Crippen LogP contribution in [0.4, 0.5) is 4.79 Å². The summed E-state index contributed by atoms with van der Waals surface area (Å²) in [4.78, 5) is 26.8. The molecule has 0 aliphatic carbocycles. The van der Waals surface area contributed by atoms with Crippen LogP contribution in [0.15, 0.2) is 24.3 Å². The van der Waals surface area contributed by atoms with E-state index in [1.165, 1.54) is 12.0 Å². The smallest absolute Gasteiger partial charge is 0.415 e. The summed E-state index contributed by atoms with van der Waals surface area (Å²) in [7, 11) is 3.06. The van der Waals surface area contributed by atoms with E-state index in [4.69, 9.17) is 18.9 Å². The molecule has 2 aromatic carbocycles. The van der Waals surface area contributed by atoms with Crippen LogP contribution in [0.1, 0.15) is 60.3 Å². The third-order valence-corrected chi connectivity index (χ3v) is 5.44. The number of aliphatic hydroxyl groups excluding tert-OH is 1. The summed E-state index contributed by atoms with van der Waals surface area (Å²) in [5.41, 5.74) is 1.94. The number of carbonyl (C=O) groups excluding carboxylic acids is 2. The zero-order valence-electron chi connectivity index (χ0n) is 19.9. The van der Waals surface area contributed by atoms with Gasteiger partial charge in [-0.2, -0.15) is 0 Å². The summed E-state index contributed by atoms with van der Waals surface area (Å²) in [5.74, 6) is 0.501. The van der Waals surface area contributed by atoms with Crippen LogP contribution >= 0.6 is 0 Å². The third kappa shape index (κ3) is 5.22. The summed E-state index contributed by atoms with van der Waals surface area (Å²) in [6.45, 7) is 8.09. The number of carbonyl (C=O) groups is 2. The largest absolute Gasteiger partial charge is 0.495 e. The van der Waals surface area contributed by atoms with Crippen molar-refractivity contribution in [2.75, 3.05) is 20.7 Å². The number of cyclic esters (lactones) is 1. The van der Waals surface area contributed by atoms with Crippen LogP contribution < -0.4 is 14.2 Å². The normalized spacial score (nSPS) is 13.6. The fourth-order valence-corrected chi connectivity index (χ4v) is 3.65. The van der Waals surface area contributed by atoms with Crippen molar-refractivity contribution in [1.82, 2.24) is 4.90 Å². The van der Waals surface area contributed by atoms with Crippen LogP contribution in [-0.4, -0.2) is 42.8 Å². The topological polar surface area (TPSA) is 94.5 Å². The Morgan fingerprint density at radius 2 is 2.00 bits per heavy atom. The van der Waals surface area contributed by atoms with E-state index in [0.717, 1.165) is 5.56 Å². The Kier molecular flexibility index (Phi) is 7.48. The van der Waals surface area contributed by atoms with Gasteiger partial charge in [0.05, 0.1) is 13.2 Å². The Balaban J connectivity index is 2.11. The minimum absolute atomic E-state index is 0.0759. The van der Waals surface area contributed by atoms with Crippen molar-refractivity contribution in [2.45, 2.75) is 46.8 Å². The molecule has 1 heterocycles. The van der Waals surface area contributed by atoms with Crippen LogP contribution in [-0.2, 0) is 11.3 Å². The van der Waals surface area contributed by atoms with Gasteiger partial charge in [0.2, 0.25) is 0 Å². The molecule has 0 bridgehead atoms. The number of aryl methyl sites for hydroxylation is 1. The van der Waals surface area contributed by atoms with Gasteiger partial charge >= 0.3 is 12.1 Å². The van der Waals surface area contributed by atoms with E-state index in [1.54, 1.807) is 25.2 Å². The van der Waals surface area contributed by atoms with Gasteiger partial charge in [0, 0.05) is 24.7 Å². The molecule has 3 rings (SSSR count). The molecule has 1 amide bonds. The molecule has 33 heavy (non-hydrogen) atoms. The van der Waals surface area contributed by atoms with E-state index in [1.807, 2.05) is 33.8 Å². The van der Waals surface area contributed by atoms with Gasteiger partial charge in [-0.1, -0.05) is 13.8 Å². The number of ether oxygens (including phenoxy) is 4. The first-order valence-corrected chi connectivity index (χ1v) is 11.0. The lowest BCUT2D eigenvalue weighted by Crippen LogP contribution is -2.29. The number of benzene rings is 2. The molecule has 1 aliphatic heterocycles. The van der Waals surface area contributed by atoms with Gasteiger partial charge in [-0.25, -0.2) is 9.59 Å². The second kappa shape index (κ2) is 10.1. The van der Waals surface area contributed by atoms with Crippen molar-refractivity contribution in [3.05, 3.63) is 46.5 Å². The Morgan fingerprint density at radius 1 is 1.27 bits per heavy atom. The maximum atomic E-state index is 13.0. The first kappa shape index (κ1) is 24.4. The fraction of sp³-hybridized carbons (Fsp3) is 0.440. The lowest BCUT2D eigenvalue weighted by Gasteiger charge is -2.24. The van der Waals surface area contributed by atoms with Gasteiger partial charge < -0.3 is 29.0 Å². The Bertz CT molecular complexity index is 1050. The van der Waals surface area contributed by atoms with Crippen LogP contribution in [0.2, 0.25) is 0 Å². The number of nitrogens with zero attached hydrogens (tertiary/aromatic N) is 1. The molecule has 0 fully saturated rings. The van der Waals surface area contributed by atoms with Crippen LogP contribution in [0.5, 0.6) is 23.0 Å². The van der Waals surface area contributed by atoms with E-state index in [2.05, 4.69) is 0 Å². The number of esters is 1. The first-order valence-electron chi connectivity index (χ1n) is 11.0. The maximum Gasteiger partial charge on any atom is 0.415 e. The molecular weight excluding hydrogens is 426 g/mol. The summed E-state index contributed by atoms with van der Waals surface area (Å²) >= 11 is 0. The highest BCUT2D eigenvalue weighted by Crippen LogP contribution is 2.44. The molecule has 0 aromatic heterocycles. The molecule has 2 aromatic rings. The van der Waals surface area contributed by atoms with Crippen molar-refractivity contribution >= 4 is 12.1 Å². The van der Waals surface area contributed by atoms with E-state index in [-0.39, 0.29) is 41.1 Å². The SMILES string of the molecule is CCN(C)C(=O)Oc1cc(C)cc2c1Oc1ccc([C@@H](O)CC(C)C)c(OC)c1C(=O)OC2. The van der Waals surface area contributed by atoms with Crippen molar-refractivity contribution in [3.63, 3.8) is 0 Å². The number of methoxy groups -OCH3 is 1. The van der Waals surface area contributed by atoms with Crippen molar-refractivity contribution in [2.24, 2.45) is 5.92 Å². The van der Waals surface area contributed by atoms with E-state index in [0.29, 0.717) is 24.1 Å². The van der Waals surface area contributed by atoms with Gasteiger partial charge in [-0.15, -0.1) is 0 Å². The molecule has 0 saturated heterocycles. The van der Waals surface area contributed by atoms with Gasteiger partial charge in [-0.3, -0.25) is 0 Å². The number of hydrogen-bond donors (Lipinski definition) is 1. The first-order chi connectivity index (χ1) is 15.7. The molecule has 0 unspecified atom stereocenters. The monoisotopic (exact) mass is 457 g/mol. The average Bonchev–Trinajstić information content (AvgIpc) is 2.76. The van der Waals surface area contributed by atoms with Gasteiger partial charge in [0.25, 0.3) is 0 Å². The van der Waals surface area contributed by atoms with E-state index >= 15 is 0 Å². The number of rotatable bonds is 6. The predicted molar refractivity (Wildman–Crippen MR) is 122 cm³/mol. The Hall–Kier alpha value is -3.26. The van der Waals surface area contributed by atoms with Crippen LogP contribution in [0.25, 0.3) is 0 Å². The van der Waals surface area contributed by atoms with Crippen molar-refractivity contribution < 1.29 is 33.6 Å². The minimum atomic E-state index is -0.820. The molecule has 1 aliphatic rings. The van der Waals surface area contributed by atoms with Crippen LogP contribution in [0.3, 0.4) is 0 Å². The van der Waals surface area contributed by atoms with Gasteiger partial charge in [-0.05, 0) is 56.0 Å². The third-order valence-electron chi connectivity index (χ3n) is 5.44. The van der Waals surface area contributed by atoms with Crippen molar-refractivity contribution in [3.8, 4) is 23.0 Å². The zero-order valence-corrected chi connectivity index (χ0v) is 19.9. The molecule has 178 valence electrons. The number of aliphatic hydroxyl groups is 1. The summed E-state index contributed by atoms with van der Waals surface area (Å²) in [6, 6.07) is 6.77. The molecule has 0 saturated carbocycles. The molecule has 8 nitrogen and oxygen atoms in total. The minimum Gasteiger partial charge on any atom is -0.495 e. The summed E-state index contributed by atoms with van der Waals surface area (Å²) < 4.78 is 22.8. The highest BCUT2D eigenvalue weighted by atomic mass is 16.6. The Labute approximate surface area is 194 Å². The molecule has 1 N–H and O–H groups in total. The number of fused-ring (bicyclic) bond motifs is 2. The second-order valence-electron chi connectivity index (χ2n) is 8.52. The zero-order chi connectivity index (χ0) is 24.3. The van der Waals surface area contributed by atoms with Crippen LogP contribution in [0, 0.1) is 12.8 Å². The standard InChI is InChI=1S/C25H31NO7/c1-7-26(5)25(29)33-20-12-15(4)11-16-13-31-24(28)21-19(32-22(16)20)9-8-17(23(21)30-6)18(27)10-14(2)3/h8-9,11-12,14,18,27H,7,10,13H2,1-6H3/t18-/m0/s1. The molecule has 8 heteroatoms. The van der Waals surface area contributed by atoms with E-state index < -0.39 is 18.2 Å². The van der Waals surface area contributed by atoms with E-state index in [9.17, 15) is 14.7 Å². The van der Waals surface area contributed by atoms with Gasteiger partial charge in [0.15, 0.2) is 11.5 Å². The Morgan fingerprint density at radius 3 is 2.64 bits per heavy atom. The summed E-state index contributed by atoms with van der Waals surface area (Å²) in [6.07, 6.45) is -0.851. The molecule has 0 spiro atoms. The lowest BCUT2D eigenvalue weighted by atomic mass is 9.96. The fourth-order valence-electron chi connectivity index (χ4n) is 3.65. The lowest BCUT2D eigenvalue weighted by molar-refractivity contribution is 0.0453. The molecular formula is C25H31NO7. The predicted octanol–water partition coefficient (Wildman–Crippen LogP) is 5.00. The second-order valence-corrected chi connectivity index (χ2v) is 8.52. The molecule has 0 radical (unpaired) electrons. The molecule has 1 atom stereocenters. The highest BCUT2D eigenvalue weighted by Gasteiger charge is 2.30. The van der Waals surface area contributed by atoms with Crippen molar-refractivity contribution in [1.29, 1.82) is 0 Å². The summed E-state index contributed by atoms with van der Waals surface area (Å²) in [5, 5.41) is 10.7. The van der Waals surface area contributed by atoms with Gasteiger partial charge in [0.1, 0.15) is 23.7 Å². The average molecular weight is 458 g/mol. The quantitative estimate of drug-likeness (QED) is 0.610. The highest BCUT2D eigenvalue weighted by molar-refractivity contribution is 5.96. The maximum absolute atomic E-state index is 13.0.